The first-order chi connectivity index (χ1) is 17.0. The molecule has 0 bridgehead atoms. The Morgan fingerprint density at radius 3 is 1.80 bits per heavy atom. The number of carbonyl (C=O) groups excluding carboxylic acids is 2. The van der Waals surface area contributed by atoms with Crippen LogP contribution >= 0.6 is 23.2 Å². The van der Waals surface area contributed by atoms with Crippen molar-refractivity contribution in [1.29, 1.82) is 0 Å². The number of anilines is 4. The first kappa shape index (κ1) is 27.1. The van der Waals surface area contributed by atoms with E-state index in [-0.39, 0.29) is 11.9 Å². The number of likely N-dealkylation sites (N-methyl/N-ethyl adjacent to an activating group) is 1. The van der Waals surface area contributed by atoms with Crippen molar-refractivity contribution in [1.82, 2.24) is 9.80 Å². The predicted molar refractivity (Wildman–Crippen MR) is 146 cm³/mol. The summed E-state index contributed by atoms with van der Waals surface area (Å²) in [5.41, 5.74) is 3.00. The van der Waals surface area contributed by atoms with Crippen LogP contribution in [0.15, 0.2) is 48.5 Å². The molecule has 1 aliphatic heterocycles. The zero-order valence-corrected chi connectivity index (χ0v) is 21.6. The number of alkyl halides is 2. The molecule has 0 spiro atoms. The smallest absolute Gasteiger partial charge is 0.323 e. The third kappa shape index (κ3) is 9.22. The van der Waals surface area contributed by atoms with Crippen molar-refractivity contribution in [2.45, 2.75) is 6.42 Å². The van der Waals surface area contributed by atoms with Crippen LogP contribution in [-0.2, 0) is 4.79 Å². The van der Waals surface area contributed by atoms with Crippen molar-refractivity contribution >= 4 is 57.9 Å². The Morgan fingerprint density at radius 2 is 1.29 bits per heavy atom. The van der Waals surface area contributed by atoms with Gasteiger partial charge in [-0.1, -0.05) is 0 Å². The third-order valence-corrected chi connectivity index (χ3v) is 6.21. The van der Waals surface area contributed by atoms with Crippen molar-refractivity contribution in [3.8, 4) is 0 Å². The van der Waals surface area contributed by atoms with E-state index in [1.165, 1.54) is 0 Å². The fraction of sp³-hybridized carbons (Fsp3) is 0.440. The van der Waals surface area contributed by atoms with Gasteiger partial charge in [0.1, 0.15) is 0 Å². The highest BCUT2D eigenvalue weighted by Crippen LogP contribution is 2.19. The summed E-state index contributed by atoms with van der Waals surface area (Å²) in [6, 6.07) is 14.3. The largest absolute Gasteiger partial charge is 0.369 e. The third-order valence-electron chi connectivity index (χ3n) is 5.88. The zero-order chi connectivity index (χ0) is 25.0. The number of rotatable bonds is 11. The van der Waals surface area contributed by atoms with Gasteiger partial charge in [-0.3, -0.25) is 4.79 Å². The molecule has 0 saturated carbocycles. The maximum absolute atomic E-state index is 12.4. The van der Waals surface area contributed by atoms with Crippen LogP contribution in [0.3, 0.4) is 0 Å². The zero-order valence-electron chi connectivity index (χ0n) is 20.1. The minimum atomic E-state index is -0.347. The van der Waals surface area contributed by atoms with Crippen LogP contribution in [0.5, 0.6) is 0 Å². The average Bonchev–Trinajstić information content (AvgIpc) is 2.85. The molecule has 190 valence electrons. The minimum absolute atomic E-state index is 0.0125. The van der Waals surface area contributed by atoms with Gasteiger partial charge < -0.3 is 30.7 Å². The summed E-state index contributed by atoms with van der Waals surface area (Å²) in [4.78, 5) is 31.4. The van der Waals surface area contributed by atoms with Gasteiger partial charge in [0.05, 0.1) is 0 Å². The minimum Gasteiger partial charge on any atom is -0.369 e. The van der Waals surface area contributed by atoms with Gasteiger partial charge in [-0.15, -0.1) is 23.2 Å². The molecule has 2 aromatic carbocycles. The van der Waals surface area contributed by atoms with Crippen molar-refractivity contribution in [2.75, 3.05) is 85.5 Å². The summed E-state index contributed by atoms with van der Waals surface area (Å²) in [6.45, 7) is 6.24. The van der Waals surface area contributed by atoms with Crippen LogP contribution < -0.4 is 20.9 Å². The quantitative estimate of drug-likeness (QED) is 0.387. The van der Waals surface area contributed by atoms with E-state index >= 15 is 0 Å². The highest BCUT2D eigenvalue weighted by Gasteiger charge is 2.14. The van der Waals surface area contributed by atoms with Gasteiger partial charge in [0.25, 0.3) is 0 Å². The summed E-state index contributed by atoms with van der Waals surface area (Å²) in [5, 5.41) is 8.54. The second-order valence-corrected chi connectivity index (χ2v) is 9.27. The number of amides is 3. The van der Waals surface area contributed by atoms with Crippen LogP contribution in [0.4, 0.5) is 27.5 Å². The van der Waals surface area contributed by atoms with Gasteiger partial charge in [-0.05, 0) is 55.6 Å². The van der Waals surface area contributed by atoms with Crippen molar-refractivity contribution < 1.29 is 9.59 Å². The number of halogens is 2. The van der Waals surface area contributed by atoms with E-state index in [0.29, 0.717) is 48.3 Å². The Kier molecular flexibility index (Phi) is 10.9. The number of piperazine rings is 1. The highest BCUT2D eigenvalue weighted by molar-refractivity contribution is 6.18. The van der Waals surface area contributed by atoms with Gasteiger partial charge in [0.15, 0.2) is 0 Å². The van der Waals surface area contributed by atoms with E-state index in [4.69, 9.17) is 23.2 Å². The molecule has 0 atom stereocenters. The second kappa shape index (κ2) is 14.1. The SMILES string of the molecule is CN1CCN(CCC(=O)Nc2ccc(NC(=O)Nc3ccc(N(CCCl)CCCl)cc3)cc2)CC1. The van der Waals surface area contributed by atoms with E-state index in [0.717, 1.165) is 38.4 Å². The van der Waals surface area contributed by atoms with E-state index in [1.54, 1.807) is 24.3 Å². The van der Waals surface area contributed by atoms with Crippen LogP contribution in [0, 0.1) is 0 Å². The molecule has 0 radical (unpaired) electrons. The monoisotopic (exact) mass is 520 g/mol. The molecule has 0 aromatic heterocycles. The molecule has 35 heavy (non-hydrogen) atoms. The summed E-state index contributed by atoms with van der Waals surface area (Å²) in [7, 11) is 2.12. The Labute approximate surface area is 217 Å². The van der Waals surface area contributed by atoms with Crippen molar-refractivity contribution in [2.24, 2.45) is 0 Å². The van der Waals surface area contributed by atoms with Crippen LogP contribution in [0.1, 0.15) is 6.42 Å². The molecule has 0 unspecified atom stereocenters. The predicted octanol–water partition coefficient (Wildman–Crippen LogP) is 4.19. The average molecular weight is 521 g/mol. The van der Waals surface area contributed by atoms with Crippen molar-refractivity contribution in [3.63, 3.8) is 0 Å². The van der Waals surface area contributed by atoms with Crippen molar-refractivity contribution in [3.05, 3.63) is 48.5 Å². The van der Waals surface area contributed by atoms with Crippen LogP contribution in [0.25, 0.3) is 0 Å². The highest BCUT2D eigenvalue weighted by atomic mass is 35.5. The fourth-order valence-electron chi connectivity index (χ4n) is 3.81. The Bertz CT molecular complexity index is 928. The summed E-state index contributed by atoms with van der Waals surface area (Å²) in [5.74, 6) is 1.01. The number of benzene rings is 2. The lowest BCUT2D eigenvalue weighted by molar-refractivity contribution is -0.116. The first-order valence-electron chi connectivity index (χ1n) is 11.8. The van der Waals surface area contributed by atoms with Gasteiger partial charge in [0, 0.05) is 86.7 Å². The molecular weight excluding hydrogens is 487 g/mol. The lowest BCUT2D eigenvalue weighted by Crippen LogP contribution is -2.45. The molecule has 3 N–H and O–H groups in total. The van der Waals surface area contributed by atoms with Crippen LogP contribution in [-0.4, -0.2) is 86.4 Å². The summed E-state index contributed by atoms with van der Waals surface area (Å²) >= 11 is 11.7. The number of hydrogen-bond donors (Lipinski definition) is 3. The van der Waals surface area contributed by atoms with Crippen LogP contribution in [0.2, 0.25) is 0 Å². The van der Waals surface area contributed by atoms with Gasteiger partial charge >= 0.3 is 6.03 Å². The van der Waals surface area contributed by atoms with E-state index in [9.17, 15) is 9.59 Å². The van der Waals surface area contributed by atoms with E-state index < -0.39 is 0 Å². The van der Waals surface area contributed by atoms with Gasteiger partial charge in [0.2, 0.25) is 5.91 Å². The van der Waals surface area contributed by atoms with E-state index in [2.05, 4.69) is 37.7 Å². The fourth-order valence-corrected chi connectivity index (χ4v) is 4.22. The molecule has 0 aliphatic carbocycles. The molecule has 10 heteroatoms. The standard InChI is InChI=1S/C25H34Cl2N6O2/c1-31-16-18-32(19-17-31)13-10-24(34)28-20-2-4-21(5-3-20)29-25(35)30-22-6-8-23(9-7-22)33(14-11-26)15-12-27/h2-9H,10-19H2,1H3,(H,28,34)(H2,29,30,35). The van der Waals surface area contributed by atoms with E-state index in [1.807, 2.05) is 24.3 Å². The molecule has 1 saturated heterocycles. The number of hydrogen-bond acceptors (Lipinski definition) is 5. The molecule has 3 amide bonds. The topological polar surface area (TPSA) is 80.0 Å². The lowest BCUT2D eigenvalue weighted by atomic mass is 10.2. The summed E-state index contributed by atoms with van der Waals surface area (Å²) in [6.07, 6.45) is 0.459. The summed E-state index contributed by atoms with van der Waals surface area (Å²) < 4.78 is 0. The molecule has 1 heterocycles. The van der Waals surface area contributed by atoms with Gasteiger partial charge in [-0.25, -0.2) is 4.79 Å². The Hall–Kier alpha value is -2.52. The first-order valence-corrected chi connectivity index (χ1v) is 12.9. The second-order valence-electron chi connectivity index (χ2n) is 8.51. The maximum Gasteiger partial charge on any atom is 0.323 e. The lowest BCUT2D eigenvalue weighted by Gasteiger charge is -2.32. The molecule has 8 nitrogen and oxygen atoms in total. The number of nitrogens with one attached hydrogen (secondary N) is 3. The molecule has 3 rings (SSSR count). The Morgan fingerprint density at radius 1 is 0.800 bits per heavy atom. The molecule has 1 aliphatic rings. The number of nitrogens with zero attached hydrogens (tertiary/aromatic N) is 3. The number of urea groups is 1. The van der Waals surface area contributed by atoms with Gasteiger partial charge in [-0.2, -0.15) is 0 Å². The normalized spacial score (nSPS) is 14.4. The Balaban J connectivity index is 1.42. The molecule has 1 fully saturated rings. The molecular formula is C25H34Cl2N6O2. The molecule has 2 aromatic rings. The maximum atomic E-state index is 12.4. The number of carbonyl (C=O) groups is 2.